The maximum absolute atomic E-state index is 9.07. The molecular weight excluding hydrogens is 334 g/mol. The first-order chi connectivity index (χ1) is 12.2. The molecule has 0 aliphatic heterocycles. The molecule has 0 unspecified atom stereocenters. The van der Waals surface area contributed by atoms with Crippen molar-refractivity contribution >= 4 is 17.6 Å². The van der Waals surface area contributed by atoms with Gasteiger partial charge in [-0.05, 0) is 60.0 Å². The Hall–Kier alpha value is -2.79. The molecule has 0 radical (unpaired) electrons. The van der Waals surface area contributed by atoms with Gasteiger partial charge in [0, 0.05) is 10.4 Å². The fraction of sp³-hybridized carbons (Fsp3) is 0.150. The van der Waals surface area contributed by atoms with Crippen molar-refractivity contribution in [2.24, 2.45) is 5.16 Å². The summed E-state index contributed by atoms with van der Waals surface area (Å²) >= 11 is 1.59. The van der Waals surface area contributed by atoms with Gasteiger partial charge in [0.15, 0.2) is 0 Å². The molecule has 0 aliphatic rings. The third kappa shape index (κ3) is 3.37. The van der Waals surface area contributed by atoms with Gasteiger partial charge in [-0.25, -0.2) is 0 Å². The Morgan fingerprint density at radius 2 is 1.68 bits per heavy atom. The molecular formula is C20H19NO3S. The highest BCUT2D eigenvalue weighted by molar-refractivity contribution is 7.18. The number of methoxy groups -OCH3 is 2. The Kier molecular flexibility index (Phi) is 5.05. The predicted molar refractivity (Wildman–Crippen MR) is 102 cm³/mol. The average molecular weight is 353 g/mol. The summed E-state index contributed by atoms with van der Waals surface area (Å²) in [6.45, 7) is 2.08. The smallest absolute Gasteiger partial charge is 0.119 e. The molecule has 25 heavy (non-hydrogen) atoms. The van der Waals surface area contributed by atoms with Crippen LogP contribution >= 0.6 is 11.3 Å². The summed E-state index contributed by atoms with van der Waals surface area (Å²) in [5, 5.41) is 12.3. The van der Waals surface area contributed by atoms with Gasteiger partial charge in [0.1, 0.15) is 11.5 Å². The highest BCUT2D eigenvalue weighted by Gasteiger charge is 2.17. The summed E-state index contributed by atoms with van der Waals surface area (Å²) < 4.78 is 10.6. The van der Waals surface area contributed by atoms with Crippen molar-refractivity contribution < 1.29 is 14.7 Å². The van der Waals surface area contributed by atoms with E-state index in [1.807, 2.05) is 48.5 Å². The van der Waals surface area contributed by atoms with Crippen molar-refractivity contribution in [3.05, 3.63) is 59.0 Å². The van der Waals surface area contributed by atoms with Crippen molar-refractivity contribution in [3.8, 4) is 33.1 Å². The van der Waals surface area contributed by atoms with Crippen LogP contribution in [0.15, 0.2) is 53.7 Å². The van der Waals surface area contributed by atoms with Gasteiger partial charge in [-0.1, -0.05) is 17.3 Å². The predicted octanol–water partition coefficient (Wildman–Crippen LogP) is 5.22. The first-order valence-electron chi connectivity index (χ1n) is 7.77. The van der Waals surface area contributed by atoms with Crippen LogP contribution in [0.1, 0.15) is 10.4 Å². The molecule has 1 aromatic heterocycles. The van der Waals surface area contributed by atoms with Gasteiger partial charge in [-0.3, -0.25) is 0 Å². The zero-order valence-corrected chi connectivity index (χ0v) is 15.1. The van der Waals surface area contributed by atoms with E-state index in [0.29, 0.717) is 0 Å². The highest BCUT2D eigenvalue weighted by atomic mass is 32.1. The van der Waals surface area contributed by atoms with Gasteiger partial charge >= 0.3 is 0 Å². The molecule has 0 amide bonds. The summed E-state index contributed by atoms with van der Waals surface area (Å²) in [7, 11) is 3.31. The van der Waals surface area contributed by atoms with Gasteiger partial charge in [0.05, 0.1) is 25.3 Å². The molecule has 1 heterocycles. The fourth-order valence-corrected chi connectivity index (χ4v) is 4.04. The van der Waals surface area contributed by atoms with E-state index in [2.05, 4.69) is 12.1 Å². The van der Waals surface area contributed by atoms with Crippen molar-refractivity contribution in [1.82, 2.24) is 0 Å². The lowest BCUT2D eigenvalue weighted by molar-refractivity contribution is 0.322. The molecule has 5 heteroatoms. The maximum Gasteiger partial charge on any atom is 0.119 e. The van der Waals surface area contributed by atoms with Crippen molar-refractivity contribution in [2.75, 3.05) is 14.2 Å². The summed E-state index contributed by atoms with van der Waals surface area (Å²) in [6, 6.07) is 15.8. The minimum absolute atomic E-state index is 0.793. The first kappa shape index (κ1) is 17.0. The van der Waals surface area contributed by atoms with Crippen molar-refractivity contribution in [3.63, 3.8) is 0 Å². The van der Waals surface area contributed by atoms with Crippen LogP contribution in [0.25, 0.3) is 21.6 Å². The summed E-state index contributed by atoms with van der Waals surface area (Å²) in [5.74, 6) is 1.61. The summed E-state index contributed by atoms with van der Waals surface area (Å²) in [6.07, 6.45) is 1.49. The Morgan fingerprint density at radius 3 is 2.32 bits per heavy atom. The fourth-order valence-electron chi connectivity index (χ4n) is 2.83. The van der Waals surface area contributed by atoms with Crippen LogP contribution in [0, 0.1) is 6.92 Å². The standard InChI is InChI=1S/C20H19NO3S/c1-13-19(15-5-4-6-17(11-15)24-3)18(12-21-22)25-20(13)14-7-9-16(23-2)10-8-14/h4-12,22H,1-3H3/b21-12+. The number of benzene rings is 2. The minimum Gasteiger partial charge on any atom is -0.497 e. The monoisotopic (exact) mass is 353 g/mol. The third-order valence-corrected chi connectivity index (χ3v) is 5.34. The molecule has 0 atom stereocenters. The number of hydrogen-bond acceptors (Lipinski definition) is 5. The normalized spacial score (nSPS) is 11.0. The quantitative estimate of drug-likeness (QED) is 0.389. The Labute approximate surface area is 151 Å². The number of hydrogen-bond donors (Lipinski definition) is 1. The molecule has 0 fully saturated rings. The molecule has 1 N–H and O–H groups in total. The van der Waals surface area contributed by atoms with Crippen LogP contribution in [-0.4, -0.2) is 25.6 Å². The molecule has 0 aliphatic carbocycles. The molecule has 0 saturated heterocycles. The first-order valence-corrected chi connectivity index (χ1v) is 8.59. The lowest BCUT2D eigenvalue weighted by atomic mass is 9.99. The van der Waals surface area contributed by atoms with Gasteiger partial charge < -0.3 is 14.7 Å². The molecule has 3 rings (SSSR count). The highest BCUT2D eigenvalue weighted by Crippen LogP contribution is 2.42. The lowest BCUT2D eigenvalue weighted by Crippen LogP contribution is -1.88. The molecule has 4 nitrogen and oxygen atoms in total. The number of thiophene rings is 1. The zero-order valence-electron chi connectivity index (χ0n) is 14.3. The van der Waals surface area contributed by atoms with E-state index in [-0.39, 0.29) is 0 Å². The van der Waals surface area contributed by atoms with Crippen molar-refractivity contribution in [2.45, 2.75) is 6.92 Å². The zero-order chi connectivity index (χ0) is 17.8. The van der Waals surface area contributed by atoms with E-state index in [9.17, 15) is 0 Å². The average Bonchev–Trinajstić information content (AvgIpc) is 2.98. The van der Waals surface area contributed by atoms with Crippen molar-refractivity contribution in [1.29, 1.82) is 0 Å². The van der Waals surface area contributed by atoms with Crippen LogP contribution < -0.4 is 9.47 Å². The van der Waals surface area contributed by atoms with E-state index in [1.165, 1.54) is 6.21 Å². The molecule has 128 valence electrons. The molecule has 0 bridgehead atoms. The van der Waals surface area contributed by atoms with Gasteiger partial charge in [0.2, 0.25) is 0 Å². The second kappa shape index (κ2) is 7.40. The van der Waals surface area contributed by atoms with Gasteiger partial charge in [0.25, 0.3) is 0 Å². The Bertz CT molecular complexity index is 898. The summed E-state index contributed by atoms with van der Waals surface area (Å²) in [5.41, 5.74) is 4.32. The Balaban J connectivity index is 2.15. The maximum atomic E-state index is 9.07. The van der Waals surface area contributed by atoms with Crippen LogP contribution in [-0.2, 0) is 0 Å². The number of nitrogens with zero attached hydrogens (tertiary/aromatic N) is 1. The molecule has 0 saturated carbocycles. The number of rotatable bonds is 5. The van der Waals surface area contributed by atoms with Crippen LogP contribution in [0.5, 0.6) is 11.5 Å². The van der Waals surface area contributed by atoms with Gasteiger partial charge in [-0.2, -0.15) is 0 Å². The van der Waals surface area contributed by atoms with E-state index < -0.39 is 0 Å². The van der Waals surface area contributed by atoms with E-state index in [4.69, 9.17) is 14.7 Å². The molecule has 0 spiro atoms. The lowest BCUT2D eigenvalue weighted by Gasteiger charge is -2.07. The van der Waals surface area contributed by atoms with E-state index >= 15 is 0 Å². The SMILES string of the molecule is COc1ccc(-c2sc(/C=N/O)c(-c3cccc(OC)c3)c2C)cc1. The summed E-state index contributed by atoms with van der Waals surface area (Å²) in [4.78, 5) is 2.04. The van der Waals surface area contributed by atoms with Crippen LogP contribution in [0.2, 0.25) is 0 Å². The second-order valence-electron chi connectivity index (χ2n) is 5.50. The van der Waals surface area contributed by atoms with E-state index in [1.54, 1.807) is 25.6 Å². The topological polar surface area (TPSA) is 51.0 Å². The number of oxime groups is 1. The largest absolute Gasteiger partial charge is 0.497 e. The van der Waals surface area contributed by atoms with E-state index in [0.717, 1.165) is 43.5 Å². The van der Waals surface area contributed by atoms with Gasteiger partial charge in [-0.15, -0.1) is 11.3 Å². The minimum atomic E-state index is 0.793. The molecule has 3 aromatic rings. The number of ether oxygens (including phenoxy) is 2. The second-order valence-corrected chi connectivity index (χ2v) is 6.55. The van der Waals surface area contributed by atoms with Crippen LogP contribution in [0.4, 0.5) is 0 Å². The van der Waals surface area contributed by atoms with Crippen LogP contribution in [0.3, 0.4) is 0 Å². The third-order valence-electron chi connectivity index (χ3n) is 4.06. The molecule has 2 aromatic carbocycles. The Morgan fingerprint density at radius 1 is 0.960 bits per heavy atom.